The number of hydrogen-bond acceptors (Lipinski definition) is 7. The van der Waals surface area contributed by atoms with Crippen LogP contribution in [0.3, 0.4) is 0 Å². The van der Waals surface area contributed by atoms with Gasteiger partial charge in [-0.25, -0.2) is 9.52 Å². The molecule has 1 unspecified atom stereocenters. The Morgan fingerprint density at radius 1 is 1.23 bits per heavy atom. The number of anilines is 1. The fraction of sp³-hybridized carbons (Fsp3) is 0.190. The Bertz CT molecular complexity index is 1310. The van der Waals surface area contributed by atoms with Crippen LogP contribution in [0.25, 0.3) is 11.0 Å². The van der Waals surface area contributed by atoms with Crippen LogP contribution in [0.15, 0.2) is 63.3 Å². The molecule has 1 aliphatic heterocycles. The van der Waals surface area contributed by atoms with E-state index in [9.17, 15) is 13.2 Å². The van der Waals surface area contributed by atoms with Crippen molar-refractivity contribution >= 4 is 38.6 Å². The zero-order chi connectivity index (χ0) is 22.0. The van der Waals surface area contributed by atoms with Crippen molar-refractivity contribution in [2.24, 2.45) is 0 Å². The lowest BCUT2D eigenvalue weighted by molar-refractivity contribution is 0.272. The molecule has 0 spiro atoms. The number of fused-ring (bicyclic) bond motifs is 1. The first-order chi connectivity index (χ1) is 14.8. The van der Waals surface area contributed by atoms with Crippen LogP contribution in [0.2, 0.25) is 0 Å². The van der Waals surface area contributed by atoms with Gasteiger partial charge in [0, 0.05) is 36.7 Å². The zero-order valence-electron chi connectivity index (χ0n) is 16.8. The molecule has 3 aromatic rings. The second kappa shape index (κ2) is 8.66. The molecule has 8 nitrogen and oxygen atoms in total. The van der Waals surface area contributed by atoms with E-state index in [4.69, 9.17) is 9.15 Å². The van der Waals surface area contributed by atoms with E-state index in [0.717, 1.165) is 16.5 Å². The van der Waals surface area contributed by atoms with Gasteiger partial charge in [-0.15, -0.1) is 0 Å². The molecule has 0 saturated carbocycles. The van der Waals surface area contributed by atoms with Crippen LogP contribution >= 0.6 is 11.8 Å². The van der Waals surface area contributed by atoms with Gasteiger partial charge in [0.15, 0.2) is 0 Å². The van der Waals surface area contributed by atoms with E-state index >= 15 is 0 Å². The molecule has 4 rings (SSSR count). The third kappa shape index (κ3) is 4.87. The monoisotopic (exact) mass is 459 g/mol. The molecular weight excluding hydrogens is 438 g/mol. The van der Waals surface area contributed by atoms with Gasteiger partial charge in [0.1, 0.15) is 11.3 Å². The summed E-state index contributed by atoms with van der Waals surface area (Å²) in [7, 11) is -2.30. The Hall–Kier alpha value is -2.95. The predicted octanol–water partition coefficient (Wildman–Crippen LogP) is 3.04. The van der Waals surface area contributed by atoms with Crippen LogP contribution < -0.4 is 25.1 Å². The van der Waals surface area contributed by atoms with Crippen LogP contribution in [-0.2, 0) is 16.6 Å². The van der Waals surface area contributed by atoms with E-state index in [2.05, 4.69) is 14.8 Å². The van der Waals surface area contributed by atoms with Crippen molar-refractivity contribution < 1.29 is 17.6 Å². The fourth-order valence-electron chi connectivity index (χ4n) is 3.26. The van der Waals surface area contributed by atoms with Crippen molar-refractivity contribution in [3.8, 4) is 5.75 Å². The summed E-state index contributed by atoms with van der Waals surface area (Å²) in [6, 6.07) is 12.3. The quantitative estimate of drug-likeness (QED) is 0.466. The van der Waals surface area contributed by atoms with Crippen molar-refractivity contribution in [2.45, 2.75) is 18.9 Å². The van der Waals surface area contributed by atoms with Crippen LogP contribution in [0.1, 0.15) is 16.7 Å². The largest absolute Gasteiger partial charge is 0.461 e. The molecule has 0 fully saturated rings. The average Bonchev–Trinajstić information content (AvgIpc) is 3.24. The Morgan fingerprint density at radius 3 is 2.81 bits per heavy atom. The van der Waals surface area contributed by atoms with Crippen molar-refractivity contribution in [2.75, 3.05) is 11.8 Å². The maximum atomic E-state index is 12.7. The second-order valence-electron chi connectivity index (χ2n) is 6.89. The Balaban J connectivity index is 1.62. The highest BCUT2D eigenvalue weighted by atomic mass is 32.2. The smallest absolute Gasteiger partial charge is 0.340 e. The summed E-state index contributed by atoms with van der Waals surface area (Å²) in [6.07, 6.45) is 2.12. The topological polar surface area (TPSA) is 110 Å². The lowest BCUT2D eigenvalue weighted by atomic mass is 9.99. The normalized spacial score (nSPS) is 15.7. The van der Waals surface area contributed by atoms with Crippen LogP contribution in [0, 0.1) is 6.92 Å². The zero-order valence-corrected chi connectivity index (χ0v) is 18.5. The van der Waals surface area contributed by atoms with Gasteiger partial charge >= 0.3 is 5.63 Å². The number of ether oxygens (including phenoxy) is 1. The van der Waals surface area contributed by atoms with Crippen LogP contribution in [0.4, 0.5) is 5.69 Å². The Labute approximate surface area is 183 Å². The molecule has 31 heavy (non-hydrogen) atoms. The highest BCUT2D eigenvalue weighted by molar-refractivity contribution is 8.02. The molecule has 1 atom stereocenters. The molecule has 0 aliphatic carbocycles. The summed E-state index contributed by atoms with van der Waals surface area (Å²) in [5.74, 6) is 0.598. The lowest BCUT2D eigenvalue weighted by Crippen LogP contribution is -2.26. The van der Waals surface area contributed by atoms with Gasteiger partial charge in [0.25, 0.3) is 10.2 Å². The first kappa shape index (κ1) is 21.3. The van der Waals surface area contributed by atoms with Gasteiger partial charge in [-0.05, 0) is 47.7 Å². The van der Waals surface area contributed by atoms with E-state index in [1.165, 1.54) is 18.8 Å². The minimum atomic E-state index is -3.62. The number of hydrogen-bond donors (Lipinski definition) is 3. The maximum absolute atomic E-state index is 12.7. The number of aryl methyl sites for hydroxylation is 1. The number of nitrogens with one attached hydrogen (secondary N) is 3. The predicted molar refractivity (Wildman–Crippen MR) is 122 cm³/mol. The van der Waals surface area contributed by atoms with Gasteiger partial charge in [0.05, 0.1) is 5.69 Å². The molecule has 0 radical (unpaired) electrons. The average molecular weight is 460 g/mol. The van der Waals surface area contributed by atoms with Crippen LogP contribution in [0.5, 0.6) is 5.75 Å². The summed E-state index contributed by atoms with van der Waals surface area (Å²) < 4.78 is 39.5. The highest BCUT2D eigenvalue weighted by Crippen LogP contribution is 2.28. The molecular formula is C21H21N3O5S2. The first-order valence-electron chi connectivity index (χ1n) is 9.44. The van der Waals surface area contributed by atoms with Crippen molar-refractivity contribution in [1.82, 2.24) is 10.0 Å². The van der Waals surface area contributed by atoms with Crippen molar-refractivity contribution in [3.05, 3.63) is 81.2 Å². The van der Waals surface area contributed by atoms with Gasteiger partial charge in [-0.2, -0.15) is 8.42 Å². The standard InChI is InChI=1S/C21H21N3O5S2/c1-13-17-7-6-16(28-21-23-8-9-30-21)12-19(17)29-20(25)18(13)11-14-4-3-5-15(10-14)24-31(26,27)22-2/h3-10,12,21-24H,11H2,1-2H3. The van der Waals surface area contributed by atoms with E-state index in [1.54, 1.807) is 24.3 Å². The molecule has 10 heteroatoms. The number of rotatable bonds is 7. The summed E-state index contributed by atoms with van der Waals surface area (Å²) in [4.78, 5) is 12.7. The molecule has 0 amide bonds. The molecule has 3 N–H and O–H groups in total. The van der Waals surface area contributed by atoms with Crippen molar-refractivity contribution in [1.29, 1.82) is 0 Å². The maximum Gasteiger partial charge on any atom is 0.340 e. The van der Waals surface area contributed by atoms with E-state index in [-0.39, 0.29) is 5.56 Å². The third-order valence-corrected chi connectivity index (χ3v) is 6.65. The summed E-state index contributed by atoms with van der Waals surface area (Å²) in [5.41, 5.74) is 2.33. The number of thioether (sulfide) groups is 1. The first-order valence-corrected chi connectivity index (χ1v) is 11.9. The highest BCUT2D eigenvalue weighted by Gasteiger charge is 2.16. The molecule has 1 aromatic heterocycles. The van der Waals surface area contributed by atoms with Gasteiger partial charge in [-0.1, -0.05) is 23.9 Å². The fourth-order valence-corrected chi connectivity index (χ4v) is 4.42. The minimum Gasteiger partial charge on any atom is -0.461 e. The molecule has 2 aromatic carbocycles. The summed E-state index contributed by atoms with van der Waals surface area (Å²) in [5, 5.41) is 5.78. The molecule has 2 heterocycles. The van der Waals surface area contributed by atoms with E-state index in [0.29, 0.717) is 29.0 Å². The molecule has 162 valence electrons. The summed E-state index contributed by atoms with van der Waals surface area (Å²) in [6.45, 7) is 1.88. The van der Waals surface area contributed by atoms with Crippen LogP contribution in [-0.4, -0.2) is 21.0 Å². The molecule has 1 aliphatic rings. The minimum absolute atomic E-state index is 0.211. The van der Waals surface area contributed by atoms with E-state index < -0.39 is 15.8 Å². The SMILES string of the molecule is CNS(=O)(=O)Nc1cccc(Cc2c(C)c3ccc(OC4NC=CS4)cc3oc2=O)c1. The van der Waals surface area contributed by atoms with Gasteiger partial charge in [0.2, 0.25) is 5.56 Å². The third-order valence-electron chi connectivity index (χ3n) is 4.83. The Morgan fingerprint density at radius 2 is 2.06 bits per heavy atom. The molecule has 0 bridgehead atoms. The molecule has 0 saturated heterocycles. The second-order valence-corrected chi connectivity index (χ2v) is 9.48. The Kier molecular flexibility index (Phi) is 5.94. The number of benzene rings is 2. The van der Waals surface area contributed by atoms with Gasteiger partial charge < -0.3 is 14.5 Å². The van der Waals surface area contributed by atoms with Gasteiger partial charge in [-0.3, -0.25) is 4.72 Å². The lowest BCUT2D eigenvalue weighted by Gasteiger charge is -2.14. The summed E-state index contributed by atoms with van der Waals surface area (Å²) >= 11 is 1.51. The van der Waals surface area contributed by atoms with E-state index in [1.807, 2.05) is 36.7 Å². The van der Waals surface area contributed by atoms with Crippen molar-refractivity contribution in [3.63, 3.8) is 0 Å².